The van der Waals surface area contributed by atoms with Gasteiger partial charge in [-0.25, -0.2) is 0 Å². The van der Waals surface area contributed by atoms with E-state index in [0.717, 1.165) is 25.9 Å². The molecule has 0 radical (unpaired) electrons. The maximum absolute atomic E-state index is 10.2. The molecule has 78 valence electrons. The van der Waals surface area contributed by atoms with Crippen molar-refractivity contribution in [1.29, 1.82) is 0 Å². The van der Waals surface area contributed by atoms with Crippen molar-refractivity contribution in [3.05, 3.63) is 0 Å². The van der Waals surface area contributed by atoms with Crippen molar-refractivity contribution in [3.63, 3.8) is 0 Å². The molecule has 1 rings (SSSR count). The van der Waals surface area contributed by atoms with Gasteiger partial charge >= 0.3 is 0 Å². The highest BCUT2D eigenvalue weighted by molar-refractivity contribution is 4.97. The van der Waals surface area contributed by atoms with Crippen molar-refractivity contribution in [2.75, 3.05) is 19.8 Å². The Bertz CT molecular complexity index is 162. The lowest BCUT2D eigenvalue weighted by atomic mass is 9.68. The average Bonchev–Trinajstić information content (AvgIpc) is 2.18. The van der Waals surface area contributed by atoms with Crippen molar-refractivity contribution < 1.29 is 9.84 Å². The van der Waals surface area contributed by atoms with Crippen LogP contribution in [0.2, 0.25) is 0 Å². The van der Waals surface area contributed by atoms with Crippen LogP contribution in [-0.4, -0.2) is 30.5 Å². The summed E-state index contributed by atoms with van der Waals surface area (Å²) in [6.45, 7) is 5.78. The summed E-state index contributed by atoms with van der Waals surface area (Å²) in [5, 5.41) is 10.2. The summed E-state index contributed by atoms with van der Waals surface area (Å²) < 4.78 is 5.42. The first-order valence-electron chi connectivity index (χ1n) is 5.08. The van der Waals surface area contributed by atoms with Gasteiger partial charge in [0.25, 0.3) is 0 Å². The molecule has 1 heterocycles. The third-order valence-electron chi connectivity index (χ3n) is 3.54. The summed E-state index contributed by atoms with van der Waals surface area (Å²) in [6, 6.07) is 0. The van der Waals surface area contributed by atoms with Gasteiger partial charge in [-0.05, 0) is 26.2 Å². The van der Waals surface area contributed by atoms with Crippen LogP contribution in [0.1, 0.15) is 33.1 Å². The van der Waals surface area contributed by atoms with Crippen molar-refractivity contribution in [3.8, 4) is 0 Å². The second-order valence-corrected chi connectivity index (χ2v) is 4.27. The van der Waals surface area contributed by atoms with E-state index in [-0.39, 0.29) is 5.41 Å². The highest BCUT2D eigenvalue weighted by Crippen LogP contribution is 2.40. The molecule has 13 heavy (non-hydrogen) atoms. The molecule has 0 saturated carbocycles. The lowest BCUT2D eigenvalue weighted by Crippen LogP contribution is -2.55. The molecule has 0 spiro atoms. The van der Waals surface area contributed by atoms with Gasteiger partial charge < -0.3 is 15.6 Å². The SMILES string of the molecule is CCC(C)(O)C1(CN)CCCOC1. The van der Waals surface area contributed by atoms with Gasteiger partial charge in [0.1, 0.15) is 0 Å². The lowest BCUT2D eigenvalue weighted by Gasteiger charge is -2.46. The Morgan fingerprint density at radius 1 is 1.62 bits per heavy atom. The summed E-state index contributed by atoms with van der Waals surface area (Å²) in [6.07, 6.45) is 2.71. The molecule has 0 amide bonds. The Morgan fingerprint density at radius 2 is 2.31 bits per heavy atom. The van der Waals surface area contributed by atoms with Crippen LogP contribution in [0.3, 0.4) is 0 Å². The van der Waals surface area contributed by atoms with E-state index < -0.39 is 5.60 Å². The highest BCUT2D eigenvalue weighted by Gasteiger charge is 2.46. The molecule has 1 fully saturated rings. The van der Waals surface area contributed by atoms with Crippen molar-refractivity contribution in [2.45, 2.75) is 38.7 Å². The molecule has 3 N–H and O–H groups in total. The fourth-order valence-electron chi connectivity index (χ4n) is 2.03. The summed E-state index contributed by atoms with van der Waals surface area (Å²) in [7, 11) is 0. The Kier molecular flexibility index (Phi) is 3.33. The van der Waals surface area contributed by atoms with E-state index in [0.29, 0.717) is 13.2 Å². The summed E-state index contributed by atoms with van der Waals surface area (Å²) in [5.74, 6) is 0. The molecule has 3 nitrogen and oxygen atoms in total. The maximum atomic E-state index is 10.2. The van der Waals surface area contributed by atoms with Crippen LogP contribution in [0.25, 0.3) is 0 Å². The van der Waals surface area contributed by atoms with Crippen molar-refractivity contribution in [1.82, 2.24) is 0 Å². The minimum Gasteiger partial charge on any atom is -0.389 e. The van der Waals surface area contributed by atoms with E-state index in [9.17, 15) is 5.11 Å². The quantitative estimate of drug-likeness (QED) is 0.690. The number of hydrogen-bond acceptors (Lipinski definition) is 3. The molecule has 3 heteroatoms. The molecule has 1 aliphatic rings. The van der Waals surface area contributed by atoms with E-state index in [1.54, 1.807) is 0 Å². The van der Waals surface area contributed by atoms with Gasteiger partial charge in [-0.2, -0.15) is 0 Å². The van der Waals surface area contributed by atoms with Gasteiger partial charge in [0.05, 0.1) is 12.2 Å². The molecule has 1 aliphatic heterocycles. The lowest BCUT2D eigenvalue weighted by molar-refractivity contribution is -0.135. The minimum absolute atomic E-state index is 0.222. The predicted octanol–water partition coefficient (Wildman–Crippen LogP) is 0.903. The number of hydrogen-bond donors (Lipinski definition) is 2. The number of nitrogens with two attached hydrogens (primary N) is 1. The Labute approximate surface area is 80.3 Å². The van der Waals surface area contributed by atoms with Gasteiger partial charge in [-0.3, -0.25) is 0 Å². The maximum Gasteiger partial charge on any atom is 0.0707 e. The normalized spacial score (nSPS) is 34.2. The first kappa shape index (κ1) is 11.0. The van der Waals surface area contributed by atoms with E-state index in [2.05, 4.69) is 0 Å². The zero-order valence-electron chi connectivity index (χ0n) is 8.68. The standard InChI is InChI=1S/C10H21NO2/c1-3-9(2,12)10(7-11)5-4-6-13-8-10/h12H,3-8,11H2,1-2H3. The van der Waals surface area contributed by atoms with Gasteiger partial charge in [0, 0.05) is 18.6 Å². The smallest absolute Gasteiger partial charge is 0.0707 e. The summed E-state index contributed by atoms with van der Waals surface area (Å²) in [4.78, 5) is 0. The van der Waals surface area contributed by atoms with Crippen LogP contribution in [0, 0.1) is 5.41 Å². The Morgan fingerprint density at radius 3 is 2.69 bits per heavy atom. The molecule has 0 aromatic rings. The second kappa shape index (κ2) is 3.95. The number of rotatable bonds is 3. The Hall–Kier alpha value is -0.120. The topological polar surface area (TPSA) is 55.5 Å². The first-order chi connectivity index (χ1) is 6.08. The van der Waals surface area contributed by atoms with Crippen LogP contribution < -0.4 is 5.73 Å². The molecule has 0 bridgehead atoms. The summed E-state index contributed by atoms with van der Waals surface area (Å²) in [5.41, 5.74) is 4.85. The van der Waals surface area contributed by atoms with E-state index in [1.165, 1.54) is 0 Å². The monoisotopic (exact) mass is 187 g/mol. The van der Waals surface area contributed by atoms with Crippen LogP contribution in [0.5, 0.6) is 0 Å². The van der Waals surface area contributed by atoms with Crippen molar-refractivity contribution in [2.24, 2.45) is 11.1 Å². The predicted molar refractivity (Wildman–Crippen MR) is 52.5 cm³/mol. The van der Waals surface area contributed by atoms with Crippen LogP contribution in [-0.2, 0) is 4.74 Å². The third kappa shape index (κ3) is 1.87. The van der Waals surface area contributed by atoms with Crippen molar-refractivity contribution >= 4 is 0 Å². The first-order valence-corrected chi connectivity index (χ1v) is 5.08. The number of aliphatic hydroxyl groups is 1. The largest absolute Gasteiger partial charge is 0.389 e. The van der Waals surface area contributed by atoms with Gasteiger partial charge in [-0.1, -0.05) is 6.92 Å². The summed E-state index contributed by atoms with van der Waals surface area (Å²) >= 11 is 0. The molecule has 2 unspecified atom stereocenters. The van der Waals surface area contributed by atoms with E-state index in [1.807, 2.05) is 13.8 Å². The molecule has 1 saturated heterocycles. The van der Waals surface area contributed by atoms with Crippen LogP contribution in [0.4, 0.5) is 0 Å². The highest BCUT2D eigenvalue weighted by atomic mass is 16.5. The van der Waals surface area contributed by atoms with Gasteiger partial charge in [0.15, 0.2) is 0 Å². The zero-order chi connectivity index (χ0) is 9.95. The van der Waals surface area contributed by atoms with E-state index >= 15 is 0 Å². The average molecular weight is 187 g/mol. The third-order valence-corrected chi connectivity index (χ3v) is 3.54. The molecule has 2 atom stereocenters. The van der Waals surface area contributed by atoms with E-state index in [4.69, 9.17) is 10.5 Å². The molecular formula is C10H21NO2. The second-order valence-electron chi connectivity index (χ2n) is 4.27. The van der Waals surface area contributed by atoms with Gasteiger partial charge in [0.2, 0.25) is 0 Å². The fourth-order valence-corrected chi connectivity index (χ4v) is 2.03. The molecular weight excluding hydrogens is 166 g/mol. The zero-order valence-corrected chi connectivity index (χ0v) is 8.68. The van der Waals surface area contributed by atoms with Gasteiger partial charge in [-0.15, -0.1) is 0 Å². The Balaban J connectivity index is 2.78. The number of ether oxygens (including phenoxy) is 1. The minimum atomic E-state index is -0.692. The molecule has 0 aromatic heterocycles. The fraction of sp³-hybridized carbons (Fsp3) is 1.00. The van der Waals surface area contributed by atoms with Crippen LogP contribution >= 0.6 is 0 Å². The van der Waals surface area contributed by atoms with Crippen LogP contribution in [0.15, 0.2) is 0 Å². The molecule has 0 aliphatic carbocycles. The molecule has 0 aromatic carbocycles.